The van der Waals surface area contributed by atoms with Crippen molar-refractivity contribution in [3.05, 3.63) is 23.2 Å². The summed E-state index contributed by atoms with van der Waals surface area (Å²) in [6.07, 6.45) is 0.0552. The molecule has 17 heavy (non-hydrogen) atoms. The van der Waals surface area contributed by atoms with Crippen LogP contribution in [0.5, 0.6) is 0 Å². The zero-order valence-electron chi connectivity index (χ0n) is 9.30. The lowest BCUT2D eigenvalue weighted by molar-refractivity contribution is -0.142. The normalized spacial score (nSPS) is 11.6. The molecule has 0 aliphatic rings. The lowest BCUT2D eigenvalue weighted by Crippen LogP contribution is -2.34. The quantitative estimate of drug-likeness (QED) is 0.494. The van der Waals surface area contributed by atoms with Crippen LogP contribution in [0, 0.1) is 6.57 Å². The molecule has 0 amide bonds. The minimum atomic E-state index is -0.894. The fraction of sp³-hybridized carbons (Fsp3) is 0.300. The second-order valence-electron chi connectivity index (χ2n) is 3.38. The van der Waals surface area contributed by atoms with Gasteiger partial charge in [0.1, 0.15) is 11.9 Å². The Labute approximate surface area is 98.4 Å². The van der Waals surface area contributed by atoms with E-state index in [1.54, 1.807) is 0 Å². The van der Waals surface area contributed by atoms with Crippen LogP contribution in [0.4, 0.5) is 17.2 Å². The molecule has 7 nitrogen and oxygen atoms in total. The second-order valence-corrected chi connectivity index (χ2v) is 3.38. The predicted molar refractivity (Wildman–Crippen MR) is 63.0 cm³/mol. The number of hydrogen-bond acceptors (Lipinski definition) is 6. The van der Waals surface area contributed by atoms with Gasteiger partial charge in [0.2, 0.25) is 5.69 Å². The van der Waals surface area contributed by atoms with E-state index in [4.69, 9.17) is 23.8 Å². The maximum atomic E-state index is 11.2. The topological polar surface area (TPSA) is 122 Å². The van der Waals surface area contributed by atoms with Crippen molar-refractivity contribution in [2.24, 2.45) is 5.73 Å². The fourth-order valence-corrected chi connectivity index (χ4v) is 1.35. The predicted octanol–water partition coefficient (Wildman–Crippen LogP) is -0.160. The molecule has 0 radical (unpaired) electrons. The first-order valence-electron chi connectivity index (χ1n) is 4.75. The number of nitrogen functional groups attached to an aromatic ring is 2. The number of esters is 1. The SMILES string of the molecule is [C-]#[N+]c1c(N)cc(N)nc1C[C@H](N)C(=O)OC. The first kappa shape index (κ1) is 12.7. The number of rotatable bonds is 3. The highest BCUT2D eigenvalue weighted by Gasteiger charge is 2.19. The standard InChI is InChI=1S/C10H13N5O2/c1-14-9-5(11)4-8(13)15-7(9)3-6(12)10(16)17-2/h4,6H,3,12H2,2H3,(H4,11,13,15)/t6-/m0/s1. The molecule has 0 aliphatic carbocycles. The van der Waals surface area contributed by atoms with Gasteiger partial charge < -0.3 is 21.9 Å². The molecule has 0 saturated carbocycles. The molecule has 0 aromatic carbocycles. The zero-order valence-corrected chi connectivity index (χ0v) is 9.30. The minimum Gasteiger partial charge on any atom is -0.468 e. The van der Waals surface area contributed by atoms with Gasteiger partial charge in [0.25, 0.3) is 0 Å². The van der Waals surface area contributed by atoms with E-state index in [0.29, 0.717) is 5.69 Å². The smallest absolute Gasteiger partial charge is 0.322 e. The van der Waals surface area contributed by atoms with Crippen molar-refractivity contribution in [3.63, 3.8) is 0 Å². The molecule has 1 aromatic heterocycles. The summed E-state index contributed by atoms with van der Waals surface area (Å²) in [5.74, 6) is -0.398. The number of hydrogen-bond donors (Lipinski definition) is 3. The number of ether oxygens (including phenoxy) is 1. The van der Waals surface area contributed by atoms with Crippen LogP contribution in [0.3, 0.4) is 0 Å². The van der Waals surface area contributed by atoms with Crippen molar-refractivity contribution in [1.29, 1.82) is 0 Å². The van der Waals surface area contributed by atoms with Crippen LogP contribution < -0.4 is 17.2 Å². The second kappa shape index (κ2) is 5.14. The van der Waals surface area contributed by atoms with E-state index in [2.05, 4.69) is 14.6 Å². The summed E-state index contributed by atoms with van der Waals surface area (Å²) in [4.78, 5) is 18.4. The third-order valence-corrected chi connectivity index (χ3v) is 2.14. The molecule has 0 saturated heterocycles. The zero-order chi connectivity index (χ0) is 13.0. The third-order valence-electron chi connectivity index (χ3n) is 2.14. The van der Waals surface area contributed by atoms with Crippen LogP contribution in [-0.2, 0) is 16.0 Å². The van der Waals surface area contributed by atoms with Crippen LogP contribution in [-0.4, -0.2) is 24.1 Å². The van der Waals surface area contributed by atoms with E-state index in [1.165, 1.54) is 13.2 Å². The van der Waals surface area contributed by atoms with Gasteiger partial charge >= 0.3 is 5.97 Å². The molecule has 1 heterocycles. The highest BCUT2D eigenvalue weighted by atomic mass is 16.5. The summed E-state index contributed by atoms with van der Waals surface area (Å²) in [7, 11) is 1.24. The molecule has 7 heteroatoms. The number of aromatic nitrogens is 1. The van der Waals surface area contributed by atoms with Gasteiger partial charge in [-0.1, -0.05) is 0 Å². The molecule has 0 aliphatic heterocycles. The Hall–Kier alpha value is -2.33. The van der Waals surface area contributed by atoms with Crippen molar-refractivity contribution >= 4 is 23.2 Å². The van der Waals surface area contributed by atoms with Gasteiger partial charge in [0, 0.05) is 12.1 Å². The largest absolute Gasteiger partial charge is 0.468 e. The first-order valence-corrected chi connectivity index (χ1v) is 4.75. The van der Waals surface area contributed by atoms with Crippen molar-refractivity contribution in [2.75, 3.05) is 18.6 Å². The van der Waals surface area contributed by atoms with Gasteiger partial charge in [-0.05, 0) is 6.07 Å². The summed E-state index contributed by atoms with van der Waals surface area (Å²) < 4.78 is 4.49. The molecule has 0 unspecified atom stereocenters. The summed E-state index contributed by atoms with van der Waals surface area (Å²) in [6.45, 7) is 7.00. The maximum Gasteiger partial charge on any atom is 0.322 e. The van der Waals surface area contributed by atoms with E-state index in [-0.39, 0.29) is 23.6 Å². The molecular formula is C10H13N5O2. The van der Waals surface area contributed by atoms with Crippen LogP contribution >= 0.6 is 0 Å². The molecule has 6 N–H and O–H groups in total. The lowest BCUT2D eigenvalue weighted by atomic mass is 10.1. The number of nitrogens with zero attached hydrogens (tertiary/aromatic N) is 2. The number of carbonyl (C=O) groups is 1. The van der Waals surface area contributed by atoms with Crippen LogP contribution in [0.25, 0.3) is 4.85 Å². The van der Waals surface area contributed by atoms with Crippen LogP contribution in [0.15, 0.2) is 6.07 Å². The Morgan fingerprint density at radius 1 is 1.65 bits per heavy atom. The average Bonchev–Trinajstić information content (AvgIpc) is 2.27. The van der Waals surface area contributed by atoms with Crippen LogP contribution in [0.2, 0.25) is 0 Å². The summed E-state index contributed by atoms with van der Waals surface area (Å²) in [5, 5.41) is 0. The van der Waals surface area contributed by atoms with E-state index in [0.717, 1.165) is 0 Å². The number of methoxy groups -OCH3 is 1. The molecular weight excluding hydrogens is 222 g/mol. The summed E-state index contributed by atoms with van der Waals surface area (Å²) in [5.41, 5.74) is 17.4. The Morgan fingerprint density at radius 3 is 2.82 bits per heavy atom. The van der Waals surface area contributed by atoms with Crippen molar-refractivity contribution < 1.29 is 9.53 Å². The first-order chi connectivity index (χ1) is 7.99. The molecule has 1 rings (SSSR count). The van der Waals surface area contributed by atoms with E-state index >= 15 is 0 Å². The van der Waals surface area contributed by atoms with Crippen LogP contribution in [0.1, 0.15) is 5.69 Å². The van der Waals surface area contributed by atoms with Gasteiger partial charge in [-0.15, -0.1) is 0 Å². The van der Waals surface area contributed by atoms with Gasteiger partial charge in [0.05, 0.1) is 19.4 Å². The third kappa shape index (κ3) is 2.83. The molecule has 0 fully saturated rings. The number of nitrogens with two attached hydrogens (primary N) is 3. The molecule has 1 atom stereocenters. The fourth-order valence-electron chi connectivity index (χ4n) is 1.35. The van der Waals surface area contributed by atoms with Gasteiger partial charge in [0.15, 0.2) is 0 Å². The van der Waals surface area contributed by atoms with E-state index in [9.17, 15) is 4.79 Å². The minimum absolute atomic E-state index is 0.0552. The maximum absolute atomic E-state index is 11.2. The number of anilines is 2. The monoisotopic (exact) mass is 235 g/mol. The average molecular weight is 235 g/mol. The Bertz CT molecular complexity index is 480. The van der Waals surface area contributed by atoms with Crippen molar-refractivity contribution in [2.45, 2.75) is 12.5 Å². The molecule has 0 spiro atoms. The Morgan fingerprint density at radius 2 is 2.29 bits per heavy atom. The van der Waals surface area contributed by atoms with E-state index in [1.807, 2.05) is 0 Å². The number of carbonyl (C=O) groups excluding carboxylic acids is 1. The summed E-state index contributed by atoms with van der Waals surface area (Å²) >= 11 is 0. The van der Waals surface area contributed by atoms with Gasteiger partial charge in [-0.25, -0.2) is 9.83 Å². The molecule has 1 aromatic rings. The lowest BCUT2D eigenvalue weighted by Gasteiger charge is -2.11. The number of pyridine rings is 1. The van der Waals surface area contributed by atoms with Crippen molar-refractivity contribution in [3.8, 4) is 0 Å². The van der Waals surface area contributed by atoms with Gasteiger partial charge in [-0.3, -0.25) is 4.79 Å². The molecule has 0 bridgehead atoms. The highest BCUT2D eigenvalue weighted by Crippen LogP contribution is 2.28. The van der Waals surface area contributed by atoms with E-state index < -0.39 is 12.0 Å². The van der Waals surface area contributed by atoms with Crippen molar-refractivity contribution in [1.82, 2.24) is 4.98 Å². The summed E-state index contributed by atoms with van der Waals surface area (Å²) in [6, 6.07) is 0.495. The highest BCUT2D eigenvalue weighted by molar-refractivity contribution is 5.77. The molecule has 90 valence electrons. The Balaban J connectivity index is 3.06. The van der Waals surface area contributed by atoms with Gasteiger partial charge in [-0.2, -0.15) is 0 Å². The Kier molecular flexibility index (Phi) is 3.85.